The highest BCUT2D eigenvalue weighted by Crippen LogP contribution is 2.42. The van der Waals surface area contributed by atoms with Gasteiger partial charge < -0.3 is 19.5 Å². The molecule has 4 aromatic rings. The third-order valence-electron chi connectivity index (χ3n) is 6.96. The van der Waals surface area contributed by atoms with Crippen LogP contribution in [0.5, 0.6) is 5.75 Å². The van der Waals surface area contributed by atoms with Crippen molar-refractivity contribution in [1.82, 2.24) is 19.8 Å². The predicted molar refractivity (Wildman–Crippen MR) is 149 cm³/mol. The number of benzene rings is 2. The molecule has 1 saturated heterocycles. The number of nitrogens with zero attached hydrogens (tertiary/aromatic N) is 3. The van der Waals surface area contributed by atoms with Crippen LogP contribution in [0.1, 0.15) is 51.4 Å². The Morgan fingerprint density at radius 1 is 0.944 bits per heavy atom. The molecule has 0 saturated carbocycles. The Kier molecular flexibility index (Phi) is 6.54. The van der Waals surface area contributed by atoms with Crippen molar-refractivity contribution in [1.29, 1.82) is 0 Å². The molecule has 36 heavy (non-hydrogen) atoms. The highest BCUT2D eigenvalue weighted by Gasteiger charge is 2.41. The molecule has 5 nitrogen and oxygen atoms in total. The molecule has 1 aliphatic heterocycles. The van der Waals surface area contributed by atoms with E-state index in [1.54, 1.807) is 7.11 Å². The summed E-state index contributed by atoms with van der Waals surface area (Å²) in [4.78, 5) is 7.00. The van der Waals surface area contributed by atoms with E-state index in [4.69, 9.17) is 21.9 Å². The molecule has 5 rings (SSSR count). The highest BCUT2D eigenvalue weighted by atomic mass is 32.1. The van der Waals surface area contributed by atoms with Gasteiger partial charge in [-0.25, -0.2) is 0 Å². The number of rotatable bonds is 6. The Hall–Kier alpha value is -3.64. The minimum Gasteiger partial charge on any atom is -0.497 e. The van der Waals surface area contributed by atoms with E-state index in [2.05, 4.69) is 84.9 Å². The van der Waals surface area contributed by atoms with Crippen LogP contribution < -0.4 is 10.1 Å². The zero-order chi connectivity index (χ0) is 25.4. The van der Waals surface area contributed by atoms with E-state index >= 15 is 0 Å². The molecule has 3 heterocycles. The van der Waals surface area contributed by atoms with Crippen LogP contribution in [-0.2, 0) is 6.54 Å². The van der Waals surface area contributed by atoms with E-state index in [0.717, 1.165) is 16.6 Å². The first kappa shape index (κ1) is 24.1. The number of nitrogens with one attached hydrogen (secondary N) is 1. The molecule has 0 radical (unpaired) electrons. The standard InChI is InChI=1S/C30H32N4OS/c1-19-14-20(2)16-24(15-19)34-21(3)17-26(22(34)4)29-28(27-8-6-7-13-31-27)32-30(36)33(29)18-23-9-11-25(35-5)12-10-23/h6-17,28-29H,18H2,1-5H3,(H,32,36). The first-order valence-electron chi connectivity index (χ1n) is 12.2. The van der Waals surface area contributed by atoms with Gasteiger partial charge in [0.05, 0.1) is 24.9 Å². The summed E-state index contributed by atoms with van der Waals surface area (Å²) >= 11 is 5.91. The zero-order valence-electron chi connectivity index (χ0n) is 21.4. The predicted octanol–water partition coefficient (Wildman–Crippen LogP) is 6.29. The highest BCUT2D eigenvalue weighted by molar-refractivity contribution is 7.80. The van der Waals surface area contributed by atoms with Crippen molar-refractivity contribution < 1.29 is 4.74 Å². The van der Waals surface area contributed by atoms with Gasteiger partial charge in [0, 0.05) is 29.8 Å². The van der Waals surface area contributed by atoms with Crippen molar-refractivity contribution in [2.24, 2.45) is 0 Å². The maximum atomic E-state index is 5.91. The Labute approximate surface area is 218 Å². The van der Waals surface area contributed by atoms with E-state index in [0.29, 0.717) is 6.54 Å². The molecule has 2 aromatic carbocycles. The molecule has 1 N–H and O–H groups in total. The second-order valence-corrected chi connectivity index (χ2v) is 10.00. The van der Waals surface area contributed by atoms with Gasteiger partial charge in [-0.05, 0) is 105 Å². The number of aromatic nitrogens is 2. The fraction of sp³-hybridized carbons (Fsp3) is 0.267. The number of methoxy groups -OCH3 is 1. The van der Waals surface area contributed by atoms with Crippen molar-refractivity contribution in [3.63, 3.8) is 0 Å². The van der Waals surface area contributed by atoms with Gasteiger partial charge in [-0.1, -0.05) is 24.3 Å². The number of thiocarbonyl (C=S) groups is 1. The molecule has 184 valence electrons. The molecule has 2 aromatic heterocycles. The number of ether oxygens (including phenoxy) is 1. The zero-order valence-corrected chi connectivity index (χ0v) is 22.3. The molecule has 0 bridgehead atoms. The van der Waals surface area contributed by atoms with E-state index in [1.165, 1.54) is 39.3 Å². The molecular formula is C30H32N4OS. The van der Waals surface area contributed by atoms with Gasteiger partial charge >= 0.3 is 0 Å². The largest absolute Gasteiger partial charge is 0.497 e. The average molecular weight is 497 g/mol. The Balaban J connectivity index is 1.61. The van der Waals surface area contributed by atoms with Crippen LogP contribution in [-0.4, -0.2) is 26.7 Å². The lowest BCUT2D eigenvalue weighted by atomic mass is 9.96. The van der Waals surface area contributed by atoms with Crippen molar-refractivity contribution >= 4 is 17.3 Å². The van der Waals surface area contributed by atoms with Crippen LogP contribution >= 0.6 is 12.2 Å². The summed E-state index contributed by atoms with van der Waals surface area (Å²) in [5.74, 6) is 0.848. The second kappa shape index (κ2) is 9.78. The Bertz CT molecular complexity index is 1370. The second-order valence-electron chi connectivity index (χ2n) is 9.61. The van der Waals surface area contributed by atoms with Crippen LogP contribution in [0.25, 0.3) is 5.69 Å². The van der Waals surface area contributed by atoms with Crippen molar-refractivity contribution in [3.05, 3.63) is 112 Å². The van der Waals surface area contributed by atoms with Gasteiger partial charge in [-0.3, -0.25) is 4.98 Å². The summed E-state index contributed by atoms with van der Waals surface area (Å²) in [6.45, 7) is 9.38. The van der Waals surface area contributed by atoms with Gasteiger partial charge in [0.1, 0.15) is 5.75 Å². The number of aryl methyl sites for hydroxylation is 3. The molecule has 0 spiro atoms. The molecule has 0 aliphatic carbocycles. The van der Waals surface area contributed by atoms with Gasteiger partial charge in [0.15, 0.2) is 5.11 Å². The lowest BCUT2D eigenvalue weighted by Gasteiger charge is -2.28. The summed E-state index contributed by atoms with van der Waals surface area (Å²) in [6, 6.07) is 23.2. The monoisotopic (exact) mass is 496 g/mol. The van der Waals surface area contributed by atoms with Crippen LogP contribution in [0.3, 0.4) is 0 Å². The Morgan fingerprint density at radius 2 is 1.67 bits per heavy atom. The van der Waals surface area contributed by atoms with Gasteiger partial charge in [-0.15, -0.1) is 0 Å². The van der Waals surface area contributed by atoms with Crippen LogP contribution in [0.2, 0.25) is 0 Å². The van der Waals surface area contributed by atoms with E-state index < -0.39 is 0 Å². The summed E-state index contributed by atoms with van der Waals surface area (Å²) in [7, 11) is 1.69. The maximum Gasteiger partial charge on any atom is 0.170 e. The van der Waals surface area contributed by atoms with E-state index in [9.17, 15) is 0 Å². The van der Waals surface area contributed by atoms with Crippen LogP contribution in [0.4, 0.5) is 0 Å². The fourth-order valence-corrected chi connectivity index (χ4v) is 5.71. The normalized spacial score (nSPS) is 17.4. The van der Waals surface area contributed by atoms with Gasteiger partial charge in [-0.2, -0.15) is 0 Å². The molecule has 1 fully saturated rings. The topological polar surface area (TPSA) is 42.3 Å². The molecular weight excluding hydrogens is 464 g/mol. The lowest BCUT2D eigenvalue weighted by molar-refractivity contribution is 0.310. The third-order valence-corrected chi connectivity index (χ3v) is 7.32. The summed E-state index contributed by atoms with van der Waals surface area (Å²) in [5.41, 5.74) is 9.55. The first-order chi connectivity index (χ1) is 17.4. The number of pyridine rings is 1. The first-order valence-corrected chi connectivity index (χ1v) is 12.6. The van der Waals surface area contributed by atoms with Crippen molar-refractivity contribution in [2.75, 3.05) is 7.11 Å². The van der Waals surface area contributed by atoms with Crippen LogP contribution in [0.15, 0.2) is 72.9 Å². The van der Waals surface area contributed by atoms with Gasteiger partial charge in [0.25, 0.3) is 0 Å². The lowest BCUT2D eigenvalue weighted by Crippen LogP contribution is -2.29. The molecule has 1 aliphatic rings. The molecule has 2 unspecified atom stereocenters. The van der Waals surface area contributed by atoms with Gasteiger partial charge in [0.2, 0.25) is 0 Å². The third kappa shape index (κ3) is 4.49. The van der Waals surface area contributed by atoms with Crippen molar-refractivity contribution in [2.45, 2.75) is 46.3 Å². The van der Waals surface area contributed by atoms with E-state index in [1.807, 2.05) is 30.5 Å². The minimum atomic E-state index is -0.0508. The quantitative estimate of drug-likeness (QED) is 0.318. The number of hydrogen-bond acceptors (Lipinski definition) is 3. The summed E-state index contributed by atoms with van der Waals surface area (Å²) < 4.78 is 7.71. The summed E-state index contributed by atoms with van der Waals surface area (Å²) in [6.07, 6.45) is 1.85. The average Bonchev–Trinajstić information content (AvgIpc) is 3.34. The minimum absolute atomic E-state index is 0.000331. The van der Waals surface area contributed by atoms with Crippen molar-refractivity contribution in [3.8, 4) is 11.4 Å². The smallest absolute Gasteiger partial charge is 0.170 e. The SMILES string of the molecule is COc1ccc(CN2C(=S)NC(c3ccccn3)C2c2cc(C)n(-c3cc(C)cc(C)c3)c2C)cc1. The molecule has 2 atom stereocenters. The molecule has 6 heteroatoms. The maximum absolute atomic E-state index is 5.91. The molecule has 0 amide bonds. The Morgan fingerprint density at radius 3 is 2.31 bits per heavy atom. The number of hydrogen-bond donors (Lipinski definition) is 1. The van der Waals surface area contributed by atoms with E-state index in [-0.39, 0.29) is 12.1 Å². The summed E-state index contributed by atoms with van der Waals surface area (Å²) in [5, 5.41) is 4.33. The fourth-order valence-electron chi connectivity index (χ4n) is 5.41. The van der Waals surface area contributed by atoms with Crippen LogP contribution in [0, 0.1) is 27.7 Å².